The number of benzene rings is 2. The SMILES string of the molecule is O=C(c1cccc(NS(=O)(=O)c2cc(C(F)(F)F)cc(C(F)(F)F)c2)c1)N1CCCC1. The van der Waals surface area contributed by atoms with Gasteiger partial charge in [-0.2, -0.15) is 26.3 Å². The van der Waals surface area contributed by atoms with E-state index in [4.69, 9.17) is 0 Å². The maximum atomic E-state index is 13.0. The summed E-state index contributed by atoms with van der Waals surface area (Å²) >= 11 is 0. The van der Waals surface area contributed by atoms with Crippen LogP contribution in [0.4, 0.5) is 32.0 Å². The average Bonchev–Trinajstić information content (AvgIpc) is 3.20. The number of sulfonamides is 1. The Morgan fingerprint density at radius 3 is 1.94 bits per heavy atom. The van der Waals surface area contributed by atoms with E-state index in [9.17, 15) is 39.6 Å². The molecule has 1 saturated heterocycles. The normalized spacial score (nSPS) is 15.2. The number of alkyl halides is 6. The van der Waals surface area contributed by atoms with E-state index in [1.807, 2.05) is 4.72 Å². The van der Waals surface area contributed by atoms with E-state index in [0.29, 0.717) is 13.1 Å². The van der Waals surface area contributed by atoms with E-state index in [2.05, 4.69) is 0 Å². The van der Waals surface area contributed by atoms with Crippen LogP contribution in [0.3, 0.4) is 0 Å². The number of hydrogen-bond donors (Lipinski definition) is 1. The zero-order chi connectivity index (χ0) is 23.0. The predicted octanol–water partition coefficient (Wildman–Crippen LogP) is 4.76. The highest BCUT2D eigenvalue weighted by atomic mass is 32.2. The van der Waals surface area contributed by atoms with Gasteiger partial charge in [-0.15, -0.1) is 0 Å². The largest absolute Gasteiger partial charge is 0.416 e. The fourth-order valence-electron chi connectivity index (χ4n) is 3.11. The standard InChI is InChI=1S/C19H16F6N2O3S/c20-18(21,22)13-9-14(19(23,24)25)11-16(10-13)31(29,30)26-15-5-3-4-12(8-15)17(28)27-6-1-2-7-27/h3-5,8-11,26H,1-2,6-7H2. The molecule has 0 bridgehead atoms. The van der Waals surface area contributed by atoms with Gasteiger partial charge in [-0.1, -0.05) is 6.07 Å². The highest BCUT2D eigenvalue weighted by Crippen LogP contribution is 2.37. The minimum absolute atomic E-state index is 0.122. The molecule has 1 aliphatic heterocycles. The van der Waals surface area contributed by atoms with Gasteiger partial charge in [0.05, 0.1) is 16.0 Å². The minimum Gasteiger partial charge on any atom is -0.339 e. The van der Waals surface area contributed by atoms with Gasteiger partial charge in [-0.25, -0.2) is 8.42 Å². The molecule has 0 saturated carbocycles. The molecule has 31 heavy (non-hydrogen) atoms. The van der Waals surface area contributed by atoms with Crippen molar-refractivity contribution < 1.29 is 39.6 Å². The van der Waals surface area contributed by atoms with Gasteiger partial charge in [0.25, 0.3) is 15.9 Å². The molecule has 1 fully saturated rings. The van der Waals surface area contributed by atoms with Crippen LogP contribution in [0.5, 0.6) is 0 Å². The van der Waals surface area contributed by atoms with E-state index < -0.39 is 38.4 Å². The lowest BCUT2D eigenvalue weighted by atomic mass is 10.1. The number of carbonyl (C=O) groups excluding carboxylic acids is 1. The van der Waals surface area contributed by atoms with Gasteiger partial charge < -0.3 is 4.90 Å². The summed E-state index contributed by atoms with van der Waals surface area (Å²) in [5.74, 6) is -0.350. The predicted molar refractivity (Wildman–Crippen MR) is 98.8 cm³/mol. The quantitative estimate of drug-likeness (QED) is 0.661. The molecule has 1 aliphatic rings. The van der Waals surface area contributed by atoms with Crippen LogP contribution in [-0.2, 0) is 22.4 Å². The number of amides is 1. The molecule has 12 heteroatoms. The molecule has 0 aromatic heterocycles. The second-order valence-electron chi connectivity index (χ2n) is 6.93. The smallest absolute Gasteiger partial charge is 0.339 e. The summed E-state index contributed by atoms with van der Waals surface area (Å²) in [5, 5.41) is 0. The fourth-order valence-corrected chi connectivity index (χ4v) is 4.23. The first-order valence-corrected chi connectivity index (χ1v) is 10.5. The monoisotopic (exact) mass is 466 g/mol. The number of hydrogen-bond acceptors (Lipinski definition) is 3. The zero-order valence-electron chi connectivity index (χ0n) is 15.7. The van der Waals surface area contributed by atoms with Gasteiger partial charge in [0.1, 0.15) is 0 Å². The van der Waals surface area contributed by atoms with Crippen LogP contribution in [0.15, 0.2) is 47.4 Å². The van der Waals surface area contributed by atoms with Crippen LogP contribution >= 0.6 is 0 Å². The van der Waals surface area contributed by atoms with Crippen molar-refractivity contribution in [3.8, 4) is 0 Å². The molecule has 0 atom stereocenters. The van der Waals surface area contributed by atoms with Crippen molar-refractivity contribution in [2.45, 2.75) is 30.1 Å². The number of rotatable bonds is 4. The van der Waals surface area contributed by atoms with Crippen LogP contribution in [0.1, 0.15) is 34.3 Å². The maximum Gasteiger partial charge on any atom is 0.416 e. The van der Waals surface area contributed by atoms with Gasteiger partial charge in [0, 0.05) is 24.3 Å². The molecule has 1 heterocycles. The molecule has 2 aromatic rings. The molecule has 5 nitrogen and oxygen atoms in total. The molecular formula is C19H16F6N2O3S. The van der Waals surface area contributed by atoms with Gasteiger partial charge in [0.2, 0.25) is 0 Å². The highest BCUT2D eigenvalue weighted by molar-refractivity contribution is 7.92. The molecule has 3 rings (SSSR count). The molecule has 1 N–H and O–H groups in total. The fraction of sp³-hybridized carbons (Fsp3) is 0.316. The van der Waals surface area contributed by atoms with Gasteiger partial charge >= 0.3 is 12.4 Å². The van der Waals surface area contributed by atoms with Crippen LogP contribution in [0, 0.1) is 0 Å². The van der Waals surface area contributed by atoms with Crippen molar-refractivity contribution in [3.63, 3.8) is 0 Å². The summed E-state index contributed by atoms with van der Waals surface area (Å²) in [6.45, 7) is 1.08. The Morgan fingerprint density at radius 2 is 1.42 bits per heavy atom. The first-order valence-electron chi connectivity index (χ1n) is 8.99. The van der Waals surface area contributed by atoms with Crippen molar-refractivity contribution in [1.29, 1.82) is 0 Å². The number of carbonyl (C=O) groups is 1. The molecular weight excluding hydrogens is 450 g/mol. The first-order chi connectivity index (χ1) is 14.3. The second-order valence-corrected chi connectivity index (χ2v) is 8.61. The Labute approximate surface area is 173 Å². The van der Waals surface area contributed by atoms with E-state index in [1.165, 1.54) is 24.3 Å². The summed E-state index contributed by atoms with van der Waals surface area (Å²) in [7, 11) is -4.82. The molecule has 0 radical (unpaired) electrons. The molecule has 0 aliphatic carbocycles. The summed E-state index contributed by atoms with van der Waals surface area (Å²) in [5.41, 5.74) is -3.53. The van der Waals surface area contributed by atoms with E-state index >= 15 is 0 Å². The second kappa shape index (κ2) is 8.06. The van der Waals surface area contributed by atoms with E-state index in [-0.39, 0.29) is 35.4 Å². The number of nitrogens with one attached hydrogen (secondary N) is 1. The Morgan fingerprint density at radius 1 is 0.871 bits per heavy atom. The molecule has 2 aromatic carbocycles. The highest BCUT2D eigenvalue weighted by Gasteiger charge is 2.38. The summed E-state index contributed by atoms with van der Waals surface area (Å²) in [6.07, 6.45) is -8.72. The molecule has 0 spiro atoms. The third-order valence-corrected chi connectivity index (χ3v) is 5.99. The van der Waals surface area contributed by atoms with Crippen LogP contribution in [0.2, 0.25) is 0 Å². The lowest BCUT2D eigenvalue weighted by molar-refractivity contribution is -0.143. The van der Waals surface area contributed by atoms with Gasteiger partial charge in [0.15, 0.2) is 0 Å². The van der Waals surface area contributed by atoms with Crippen molar-refractivity contribution in [2.24, 2.45) is 0 Å². The molecule has 168 valence electrons. The van der Waals surface area contributed by atoms with E-state index in [1.54, 1.807) is 4.90 Å². The van der Waals surface area contributed by atoms with E-state index in [0.717, 1.165) is 12.8 Å². The number of likely N-dealkylation sites (tertiary alicyclic amines) is 1. The Bertz CT molecular complexity index is 1060. The van der Waals surface area contributed by atoms with Gasteiger partial charge in [-0.3, -0.25) is 9.52 Å². The third kappa shape index (κ3) is 5.30. The molecule has 1 amide bonds. The third-order valence-electron chi connectivity index (χ3n) is 4.63. The van der Waals surface area contributed by atoms with Crippen LogP contribution in [0.25, 0.3) is 0 Å². The number of nitrogens with zero attached hydrogens (tertiary/aromatic N) is 1. The molecule has 0 unspecified atom stereocenters. The van der Waals surface area contributed by atoms with Crippen LogP contribution in [-0.4, -0.2) is 32.3 Å². The van der Waals surface area contributed by atoms with Crippen molar-refractivity contribution in [3.05, 3.63) is 59.2 Å². The Balaban J connectivity index is 1.95. The van der Waals surface area contributed by atoms with Crippen molar-refractivity contribution >= 4 is 21.6 Å². The Kier molecular flexibility index (Phi) is 5.96. The lowest BCUT2D eigenvalue weighted by Crippen LogP contribution is -2.27. The van der Waals surface area contributed by atoms with Crippen molar-refractivity contribution in [2.75, 3.05) is 17.8 Å². The summed E-state index contributed by atoms with van der Waals surface area (Å²) in [4.78, 5) is 12.8. The summed E-state index contributed by atoms with van der Waals surface area (Å²) < 4.78 is 105. The Hall–Kier alpha value is -2.76. The average molecular weight is 466 g/mol. The lowest BCUT2D eigenvalue weighted by Gasteiger charge is -2.17. The minimum atomic E-state index is -5.19. The topological polar surface area (TPSA) is 66.5 Å². The summed E-state index contributed by atoms with van der Waals surface area (Å²) in [6, 6.07) is 5.29. The zero-order valence-corrected chi connectivity index (χ0v) is 16.5. The number of halogens is 6. The number of anilines is 1. The maximum absolute atomic E-state index is 13.0. The van der Waals surface area contributed by atoms with Crippen LogP contribution < -0.4 is 4.72 Å². The van der Waals surface area contributed by atoms with Gasteiger partial charge in [-0.05, 0) is 49.2 Å². The van der Waals surface area contributed by atoms with Crippen molar-refractivity contribution in [1.82, 2.24) is 4.90 Å². The first kappa shape index (κ1) is 22.9.